The molecule has 25 heavy (non-hydrogen) atoms. The zero-order valence-electron chi connectivity index (χ0n) is 14.3. The highest BCUT2D eigenvalue weighted by Gasteiger charge is 2.18. The summed E-state index contributed by atoms with van der Waals surface area (Å²) < 4.78 is 16.2. The molecule has 0 aliphatic heterocycles. The average molecular weight is 345 g/mol. The van der Waals surface area contributed by atoms with Gasteiger partial charge in [0.1, 0.15) is 5.82 Å². The number of nitrogens with zero attached hydrogens (tertiary/aromatic N) is 3. The first-order chi connectivity index (χ1) is 11.9. The van der Waals surface area contributed by atoms with Crippen molar-refractivity contribution in [2.75, 3.05) is 5.32 Å². The Morgan fingerprint density at radius 3 is 2.60 bits per heavy atom. The second-order valence-corrected chi connectivity index (χ2v) is 6.09. The summed E-state index contributed by atoms with van der Waals surface area (Å²) in [6.45, 7) is 4.37. The van der Waals surface area contributed by atoms with Gasteiger partial charge in [-0.2, -0.15) is 4.98 Å². The molecular weight excluding hydrogens is 325 g/mol. The summed E-state index contributed by atoms with van der Waals surface area (Å²) in [6.07, 6.45) is 0.870. The van der Waals surface area contributed by atoms with Gasteiger partial charge in [-0.05, 0) is 31.0 Å². The Kier molecular flexibility index (Phi) is 4.43. The molecule has 1 aromatic carbocycles. The molecule has 132 valence electrons. The van der Waals surface area contributed by atoms with Crippen LogP contribution in [0.5, 0.6) is 0 Å². The Bertz CT molecular complexity index is 1020. The molecular formula is C17H20FN5O2. The standard InChI is InChI=1S/C17H20FN5O2/c1-4-10(2)19-16-20-14-13(15(24)21-17(25)22(14)3)23(16)9-11-5-7-12(18)8-6-11/h5-8,10H,4,9H2,1-3H3,(H,19,20)(H,21,24,25)/t10-/m1/s1. The van der Waals surface area contributed by atoms with Crippen molar-refractivity contribution >= 4 is 17.1 Å². The Morgan fingerprint density at radius 1 is 1.28 bits per heavy atom. The number of imidazole rings is 1. The van der Waals surface area contributed by atoms with Crippen molar-refractivity contribution in [1.29, 1.82) is 0 Å². The van der Waals surface area contributed by atoms with Gasteiger partial charge >= 0.3 is 5.69 Å². The lowest BCUT2D eigenvalue weighted by Crippen LogP contribution is -2.29. The average Bonchev–Trinajstić information content (AvgIpc) is 2.93. The molecule has 0 bridgehead atoms. The van der Waals surface area contributed by atoms with E-state index in [9.17, 15) is 14.0 Å². The van der Waals surface area contributed by atoms with E-state index in [1.807, 2.05) is 13.8 Å². The van der Waals surface area contributed by atoms with Crippen molar-refractivity contribution in [2.45, 2.75) is 32.9 Å². The van der Waals surface area contributed by atoms with Crippen LogP contribution in [0, 0.1) is 5.82 Å². The lowest BCUT2D eigenvalue weighted by molar-refractivity contribution is 0.626. The summed E-state index contributed by atoms with van der Waals surface area (Å²) in [7, 11) is 1.56. The summed E-state index contributed by atoms with van der Waals surface area (Å²) in [5.74, 6) is 0.179. The fourth-order valence-corrected chi connectivity index (χ4v) is 2.59. The molecule has 8 heteroatoms. The zero-order chi connectivity index (χ0) is 18.1. The molecule has 0 radical (unpaired) electrons. The highest BCUT2D eigenvalue weighted by molar-refractivity contribution is 5.74. The smallest absolute Gasteiger partial charge is 0.329 e. The third kappa shape index (κ3) is 3.19. The van der Waals surface area contributed by atoms with Crippen molar-refractivity contribution in [3.05, 3.63) is 56.5 Å². The Labute approximate surface area is 143 Å². The number of anilines is 1. The number of hydrogen-bond donors (Lipinski definition) is 2. The van der Waals surface area contributed by atoms with Crippen LogP contribution in [0.1, 0.15) is 25.8 Å². The molecule has 2 N–H and O–H groups in total. The van der Waals surface area contributed by atoms with E-state index in [4.69, 9.17) is 0 Å². The number of rotatable bonds is 5. The van der Waals surface area contributed by atoms with Crippen molar-refractivity contribution in [3.63, 3.8) is 0 Å². The molecule has 1 atom stereocenters. The van der Waals surface area contributed by atoms with Crippen LogP contribution in [0.2, 0.25) is 0 Å². The van der Waals surface area contributed by atoms with Crippen LogP contribution < -0.4 is 16.6 Å². The van der Waals surface area contributed by atoms with Crippen LogP contribution in [0.25, 0.3) is 11.2 Å². The number of aromatic amines is 1. The third-order valence-electron chi connectivity index (χ3n) is 4.25. The Morgan fingerprint density at radius 2 is 1.96 bits per heavy atom. The van der Waals surface area contributed by atoms with Gasteiger partial charge in [-0.1, -0.05) is 19.1 Å². The summed E-state index contributed by atoms with van der Waals surface area (Å²) in [5, 5.41) is 3.26. The number of halogens is 1. The fourth-order valence-electron chi connectivity index (χ4n) is 2.59. The Balaban J connectivity index is 2.20. The minimum absolute atomic E-state index is 0.139. The second-order valence-electron chi connectivity index (χ2n) is 6.09. The van der Waals surface area contributed by atoms with Gasteiger partial charge in [0, 0.05) is 13.1 Å². The topological polar surface area (TPSA) is 84.7 Å². The molecule has 3 aromatic rings. The van der Waals surface area contributed by atoms with Crippen LogP contribution in [0.3, 0.4) is 0 Å². The molecule has 2 heterocycles. The van der Waals surface area contributed by atoms with Crippen molar-refractivity contribution in [2.24, 2.45) is 7.05 Å². The second kappa shape index (κ2) is 6.54. The summed E-state index contributed by atoms with van der Waals surface area (Å²) in [5.41, 5.74) is 0.420. The van der Waals surface area contributed by atoms with E-state index >= 15 is 0 Å². The molecule has 2 aromatic heterocycles. The van der Waals surface area contributed by atoms with E-state index in [-0.39, 0.29) is 11.9 Å². The normalized spacial score (nSPS) is 12.5. The summed E-state index contributed by atoms with van der Waals surface area (Å²) in [4.78, 5) is 31.0. The van der Waals surface area contributed by atoms with Crippen LogP contribution in [0.4, 0.5) is 10.3 Å². The van der Waals surface area contributed by atoms with Crippen molar-refractivity contribution < 1.29 is 4.39 Å². The van der Waals surface area contributed by atoms with Gasteiger partial charge in [0.25, 0.3) is 5.56 Å². The maximum Gasteiger partial charge on any atom is 0.329 e. The number of hydrogen-bond acceptors (Lipinski definition) is 4. The largest absolute Gasteiger partial charge is 0.353 e. The molecule has 0 aliphatic rings. The van der Waals surface area contributed by atoms with Gasteiger partial charge in [-0.3, -0.25) is 18.9 Å². The summed E-state index contributed by atoms with van der Waals surface area (Å²) in [6, 6.07) is 6.20. The predicted molar refractivity (Wildman–Crippen MR) is 94.5 cm³/mol. The molecule has 0 aliphatic carbocycles. The number of fused-ring (bicyclic) bond motifs is 1. The lowest BCUT2D eigenvalue weighted by Gasteiger charge is -2.14. The molecule has 0 saturated carbocycles. The number of aromatic nitrogens is 4. The van der Waals surface area contributed by atoms with Gasteiger partial charge in [-0.25, -0.2) is 9.18 Å². The minimum Gasteiger partial charge on any atom is -0.353 e. The lowest BCUT2D eigenvalue weighted by atomic mass is 10.2. The van der Waals surface area contributed by atoms with E-state index in [0.29, 0.717) is 23.7 Å². The van der Waals surface area contributed by atoms with E-state index in [0.717, 1.165) is 12.0 Å². The number of aryl methyl sites for hydroxylation is 1. The monoisotopic (exact) mass is 345 g/mol. The van der Waals surface area contributed by atoms with Gasteiger partial charge in [-0.15, -0.1) is 0 Å². The van der Waals surface area contributed by atoms with E-state index < -0.39 is 11.2 Å². The highest BCUT2D eigenvalue weighted by atomic mass is 19.1. The van der Waals surface area contributed by atoms with Crippen molar-refractivity contribution in [1.82, 2.24) is 19.1 Å². The third-order valence-corrected chi connectivity index (χ3v) is 4.25. The molecule has 0 amide bonds. The number of benzene rings is 1. The quantitative estimate of drug-likeness (QED) is 0.739. The van der Waals surface area contributed by atoms with Gasteiger partial charge < -0.3 is 5.32 Å². The first-order valence-electron chi connectivity index (χ1n) is 8.11. The predicted octanol–water partition coefficient (Wildman–Crippen LogP) is 1.82. The van der Waals surface area contributed by atoms with Crippen LogP contribution in [-0.2, 0) is 13.6 Å². The first kappa shape index (κ1) is 16.9. The van der Waals surface area contributed by atoms with Crippen LogP contribution in [-0.4, -0.2) is 25.1 Å². The van der Waals surface area contributed by atoms with Crippen LogP contribution >= 0.6 is 0 Å². The SMILES string of the molecule is CC[C@@H](C)Nc1nc2c(c(=O)[nH]c(=O)n2C)n1Cc1ccc(F)cc1. The van der Waals surface area contributed by atoms with E-state index in [1.54, 1.807) is 23.7 Å². The highest BCUT2D eigenvalue weighted by Crippen LogP contribution is 2.19. The van der Waals surface area contributed by atoms with Gasteiger partial charge in [0.2, 0.25) is 5.95 Å². The van der Waals surface area contributed by atoms with E-state index in [1.165, 1.54) is 16.7 Å². The molecule has 7 nitrogen and oxygen atoms in total. The van der Waals surface area contributed by atoms with Gasteiger partial charge in [0.15, 0.2) is 11.2 Å². The minimum atomic E-state index is -0.515. The molecule has 0 saturated heterocycles. The van der Waals surface area contributed by atoms with Crippen LogP contribution in [0.15, 0.2) is 33.9 Å². The van der Waals surface area contributed by atoms with E-state index in [2.05, 4.69) is 15.3 Å². The maximum atomic E-state index is 13.2. The first-order valence-corrected chi connectivity index (χ1v) is 8.11. The number of nitrogens with one attached hydrogen (secondary N) is 2. The van der Waals surface area contributed by atoms with Gasteiger partial charge in [0.05, 0.1) is 6.54 Å². The fraction of sp³-hybridized carbons (Fsp3) is 0.353. The molecule has 0 fully saturated rings. The zero-order valence-corrected chi connectivity index (χ0v) is 14.3. The summed E-state index contributed by atoms with van der Waals surface area (Å²) >= 11 is 0. The number of H-pyrrole nitrogens is 1. The molecule has 3 rings (SSSR count). The Hall–Kier alpha value is -2.90. The molecule has 0 spiro atoms. The maximum absolute atomic E-state index is 13.2. The van der Waals surface area contributed by atoms with Crippen molar-refractivity contribution in [3.8, 4) is 0 Å². The molecule has 0 unspecified atom stereocenters.